The van der Waals surface area contributed by atoms with Gasteiger partial charge in [0.2, 0.25) is 0 Å². The van der Waals surface area contributed by atoms with Crippen LogP contribution in [0.15, 0.2) is 22.6 Å². The van der Waals surface area contributed by atoms with E-state index in [9.17, 15) is 19.2 Å². The van der Waals surface area contributed by atoms with E-state index in [0.29, 0.717) is 61.9 Å². The Morgan fingerprint density at radius 3 is 1.19 bits per heavy atom. The molecule has 0 bridgehead atoms. The van der Waals surface area contributed by atoms with Crippen LogP contribution in [0.4, 0.5) is 0 Å². The van der Waals surface area contributed by atoms with Crippen molar-refractivity contribution in [3.63, 3.8) is 0 Å². The molecule has 11 heteroatoms. The molecule has 0 aliphatic carbocycles. The molecule has 0 spiro atoms. The predicted octanol–water partition coefficient (Wildman–Crippen LogP) is 4.78. The Kier molecular flexibility index (Phi) is 55.3. The smallest absolute Gasteiger partial charge is 0.121 e. The van der Waals surface area contributed by atoms with E-state index in [0.717, 1.165) is 64.3 Å². The van der Waals surface area contributed by atoms with Crippen LogP contribution < -0.4 is 11.1 Å². The van der Waals surface area contributed by atoms with E-state index in [1.165, 1.54) is 0 Å². The molecule has 0 aromatic heterocycles. The van der Waals surface area contributed by atoms with Gasteiger partial charge in [-0.15, -0.1) is 0 Å². The van der Waals surface area contributed by atoms with Gasteiger partial charge in [-0.25, -0.2) is 0 Å². The molecule has 11 nitrogen and oxygen atoms in total. The number of carbonyl (C=O) groups excluding carboxylic acids is 4. The van der Waals surface area contributed by atoms with Gasteiger partial charge >= 0.3 is 0 Å². The van der Waals surface area contributed by atoms with Crippen molar-refractivity contribution in [2.75, 3.05) is 32.7 Å². The van der Waals surface area contributed by atoms with Crippen molar-refractivity contribution in [3.05, 3.63) is 12.7 Å². The second-order valence-corrected chi connectivity index (χ2v) is 12.3. The monoisotopic (exact) mass is 673 g/mol. The minimum atomic E-state index is 0. The number of aliphatic imine (C=N–C) groups is 2. The summed E-state index contributed by atoms with van der Waals surface area (Å²) in [7, 11) is 0. The number of aldehydes is 4. The Bertz CT molecular complexity index is 712. The molecule has 0 heterocycles. The third-order valence-electron chi connectivity index (χ3n) is 5.32. The van der Waals surface area contributed by atoms with E-state index in [2.05, 4.69) is 87.1 Å². The summed E-state index contributed by atoms with van der Waals surface area (Å²) in [6.07, 6.45) is 12.4. The van der Waals surface area contributed by atoms with E-state index in [-0.39, 0.29) is 5.48 Å². The molecule has 0 amide bonds. The Morgan fingerprint density at radius 2 is 0.957 bits per heavy atom. The summed E-state index contributed by atoms with van der Waals surface area (Å²) in [6.45, 7) is 32.3. The minimum absolute atomic E-state index is 0. The summed E-state index contributed by atoms with van der Waals surface area (Å²) in [6, 6.07) is 2.52. The van der Waals surface area contributed by atoms with Gasteiger partial charge in [0.05, 0.1) is 0 Å². The molecule has 0 aromatic carbocycles. The Labute approximate surface area is 289 Å². The van der Waals surface area contributed by atoms with Crippen LogP contribution in [-0.2, 0) is 19.2 Å². The van der Waals surface area contributed by atoms with Gasteiger partial charge in [-0.05, 0) is 67.9 Å². The van der Waals surface area contributed by atoms with Gasteiger partial charge in [-0.1, -0.05) is 40.3 Å². The summed E-state index contributed by atoms with van der Waals surface area (Å²) in [5.74, 6) is 0. The third-order valence-corrected chi connectivity index (χ3v) is 5.32. The largest absolute Gasteiger partial charge is 0.412 e. The van der Waals surface area contributed by atoms with Crippen LogP contribution in [-0.4, -0.2) is 122 Å². The number of nitrogens with one attached hydrogen (secondary N) is 1. The average molecular weight is 673 g/mol. The molecule has 0 atom stereocenters. The summed E-state index contributed by atoms with van der Waals surface area (Å²) in [5, 5.41) is 3.12. The molecule has 0 aromatic rings. The zero-order valence-electron chi connectivity index (χ0n) is 32.3. The molecule has 0 saturated heterocycles. The van der Waals surface area contributed by atoms with Gasteiger partial charge in [-0.2, -0.15) is 0 Å². The van der Waals surface area contributed by atoms with E-state index < -0.39 is 0 Å². The molecule has 0 radical (unpaired) electrons. The summed E-state index contributed by atoms with van der Waals surface area (Å²) < 4.78 is 0. The lowest BCUT2D eigenvalue weighted by molar-refractivity contribution is -0.109. The van der Waals surface area contributed by atoms with Crippen molar-refractivity contribution in [2.24, 2.45) is 15.7 Å². The Hall–Kier alpha value is -2.44. The molecular formula is C36H76N6O5. The first-order valence-corrected chi connectivity index (χ1v) is 16.9. The van der Waals surface area contributed by atoms with Crippen molar-refractivity contribution >= 4 is 37.6 Å². The van der Waals surface area contributed by atoms with Crippen LogP contribution in [0.3, 0.4) is 0 Å². The number of hydrogen-bond donors (Lipinski definition) is 2. The zero-order chi connectivity index (χ0) is 36.8. The average Bonchev–Trinajstić information content (AvgIpc) is 2.96. The molecule has 0 aliphatic heterocycles. The molecule has 0 aliphatic rings. The van der Waals surface area contributed by atoms with Crippen molar-refractivity contribution < 1.29 is 24.7 Å². The van der Waals surface area contributed by atoms with Gasteiger partial charge in [0.1, 0.15) is 25.1 Å². The second kappa shape index (κ2) is 45.7. The van der Waals surface area contributed by atoms with Gasteiger partial charge in [0.25, 0.3) is 0 Å². The SMILES string of the molecule is C=CC=NC(C)C.CC(C)N.CC(C)N(CCC=O)CCC=O.CC(C)N=CCCN(CCC=O)C(C)C.CC(C)NCCC=O.O. The zero-order valence-corrected chi connectivity index (χ0v) is 32.3. The second-order valence-electron chi connectivity index (χ2n) is 12.3. The number of carbonyl (C=O) groups is 4. The first-order chi connectivity index (χ1) is 21.6. The van der Waals surface area contributed by atoms with Crippen molar-refractivity contribution in [1.29, 1.82) is 0 Å². The maximum absolute atomic E-state index is 10.3. The van der Waals surface area contributed by atoms with E-state index in [4.69, 9.17) is 5.73 Å². The standard InChI is InChI=1S/C12H24N2O.C9H17NO2.C6H13NO.C6H11N.C3H9N.H2O/c1-11(2)13-7-5-8-14(12(3)4)9-6-10-15;1-9(2)10(5-3-7-11)6-4-8-12;1-6(2)7-4-3-5-8;1-4-5-7-6(2)3;1-3(2)4;/h7,10-12H,5-6,8-9H2,1-4H3;7-9H,3-6H2,1-2H3;5-7H,3-4H2,1-2H3;4-6H,1H2,2-3H3;3H,4H2,1-2H3;1H2. The highest BCUT2D eigenvalue weighted by molar-refractivity contribution is 5.70. The normalized spacial score (nSPS) is 10.7. The molecule has 280 valence electrons. The van der Waals surface area contributed by atoms with Crippen LogP contribution in [0.2, 0.25) is 0 Å². The van der Waals surface area contributed by atoms with Crippen molar-refractivity contribution in [3.8, 4) is 0 Å². The Morgan fingerprint density at radius 1 is 0.617 bits per heavy atom. The number of allylic oxidation sites excluding steroid dienone is 1. The quantitative estimate of drug-likeness (QED) is 0.0997. The molecule has 0 unspecified atom stereocenters. The van der Waals surface area contributed by atoms with Crippen LogP contribution >= 0.6 is 0 Å². The van der Waals surface area contributed by atoms with Gasteiger partial charge in [0, 0.05) is 101 Å². The predicted molar refractivity (Wildman–Crippen MR) is 204 cm³/mol. The fourth-order valence-electron chi connectivity index (χ4n) is 3.08. The number of hydrogen-bond acceptors (Lipinski definition) is 10. The van der Waals surface area contributed by atoms with Gasteiger partial charge in [-0.3, -0.25) is 9.98 Å². The minimum Gasteiger partial charge on any atom is -0.412 e. The van der Waals surface area contributed by atoms with E-state index in [1.807, 2.05) is 33.9 Å². The lowest BCUT2D eigenvalue weighted by atomic mass is 10.2. The van der Waals surface area contributed by atoms with Crippen LogP contribution in [0.5, 0.6) is 0 Å². The highest BCUT2D eigenvalue weighted by atomic mass is 16.1. The lowest BCUT2D eigenvalue weighted by Crippen LogP contribution is -2.33. The maximum Gasteiger partial charge on any atom is 0.121 e. The first kappa shape index (κ1) is 56.9. The number of nitrogens with two attached hydrogens (primary N) is 1. The fourth-order valence-corrected chi connectivity index (χ4v) is 3.08. The summed E-state index contributed by atoms with van der Waals surface area (Å²) in [4.78, 5) is 53.0. The summed E-state index contributed by atoms with van der Waals surface area (Å²) >= 11 is 0. The molecule has 47 heavy (non-hydrogen) atoms. The number of rotatable bonds is 21. The van der Waals surface area contributed by atoms with Crippen LogP contribution in [0.1, 0.15) is 115 Å². The highest BCUT2D eigenvalue weighted by Crippen LogP contribution is 2.00. The van der Waals surface area contributed by atoms with Gasteiger partial charge < -0.3 is 45.5 Å². The van der Waals surface area contributed by atoms with E-state index >= 15 is 0 Å². The Balaban J connectivity index is -0.000000118. The van der Waals surface area contributed by atoms with Crippen molar-refractivity contribution in [2.45, 2.75) is 151 Å². The van der Waals surface area contributed by atoms with Crippen molar-refractivity contribution in [1.82, 2.24) is 15.1 Å². The first-order valence-electron chi connectivity index (χ1n) is 16.9. The molecule has 0 rings (SSSR count). The maximum atomic E-state index is 10.3. The van der Waals surface area contributed by atoms with E-state index in [1.54, 1.807) is 12.3 Å². The third kappa shape index (κ3) is 66.8. The van der Waals surface area contributed by atoms with Crippen LogP contribution in [0, 0.1) is 0 Å². The molecule has 0 fully saturated rings. The summed E-state index contributed by atoms with van der Waals surface area (Å²) in [5.41, 5.74) is 5.11. The molecule has 5 N–H and O–H groups in total. The highest BCUT2D eigenvalue weighted by Gasteiger charge is 2.08. The lowest BCUT2D eigenvalue weighted by Gasteiger charge is -2.24. The van der Waals surface area contributed by atoms with Crippen LogP contribution in [0.25, 0.3) is 0 Å². The molecule has 0 saturated carbocycles. The number of nitrogens with zero attached hydrogens (tertiary/aromatic N) is 4. The molecular weight excluding hydrogens is 596 g/mol. The topological polar surface area (TPSA) is 169 Å². The van der Waals surface area contributed by atoms with Gasteiger partial charge in [0.15, 0.2) is 0 Å². The fraction of sp³-hybridized carbons (Fsp3) is 0.778.